The minimum absolute atomic E-state index is 0.198. The number of ketones is 1. The number of hydrogen-bond acceptors (Lipinski definition) is 3. The number of anilines is 1. The summed E-state index contributed by atoms with van der Waals surface area (Å²) in [5, 5.41) is 2.78. The minimum Gasteiger partial charge on any atom is -0.325 e. The van der Waals surface area contributed by atoms with Crippen LogP contribution in [0, 0.1) is 5.92 Å². The van der Waals surface area contributed by atoms with Gasteiger partial charge < -0.3 is 5.32 Å². The van der Waals surface area contributed by atoms with Crippen molar-refractivity contribution in [1.29, 1.82) is 0 Å². The Hall–Kier alpha value is -2.75. The van der Waals surface area contributed by atoms with E-state index in [-0.39, 0.29) is 11.7 Å². The van der Waals surface area contributed by atoms with Gasteiger partial charge in [-0.1, -0.05) is 37.3 Å². The van der Waals surface area contributed by atoms with Gasteiger partial charge in [0.05, 0.1) is 0 Å². The van der Waals surface area contributed by atoms with Crippen molar-refractivity contribution < 1.29 is 9.59 Å². The highest BCUT2D eigenvalue weighted by Gasteiger charge is 2.30. The van der Waals surface area contributed by atoms with E-state index in [1.807, 2.05) is 18.2 Å². The molecule has 0 radical (unpaired) electrons. The monoisotopic (exact) mass is 294 g/mol. The van der Waals surface area contributed by atoms with Gasteiger partial charge in [-0.05, 0) is 23.8 Å². The number of carbonyl (C=O) groups is 2. The first kappa shape index (κ1) is 15.6. The molecule has 2 unspecified atom stereocenters. The Labute approximate surface area is 129 Å². The molecule has 22 heavy (non-hydrogen) atoms. The summed E-state index contributed by atoms with van der Waals surface area (Å²) >= 11 is 0. The third kappa shape index (κ3) is 3.67. The van der Waals surface area contributed by atoms with Crippen molar-refractivity contribution in [1.82, 2.24) is 4.98 Å². The summed E-state index contributed by atoms with van der Waals surface area (Å²) in [5.41, 5.74) is 1.23. The average molecular weight is 294 g/mol. The number of Topliss-reactive ketones (excluding diaryl/α,β-unsaturated/α-hetero) is 1. The maximum absolute atomic E-state index is 12.6. The number of para-hydroxylation sites is 1. The SMILES string of the molecule is C=CC(C)C(=O)C(C(=O)Nc1ccccc1)c1cccnc1. The molecule has 1 heterocycles. The molecule has 0 saturated heterocycles. The Balaban J connectivity index is 2.30. The first-order chi connectivity index (χ1) is 10.6. The van der Waals surface area contributed by atoms with Crippen LogP contribution in [0.2, 0.25) is 0 Å². The van der Waals surface area contributed by atoms with E-state index in [9.17, 15) is 9.59 Å². The molecular weight excluding hydrogens is 276 g/mol. The Morgan fingerprint density at radius 3 is 2.50 bits per heavy atom. The van der Waals surface area contributed by atoms with E-state index in [0.29, 0.717) is 11.3 Å². The zero-order chi connectivity index (χ0) is 15.9. The van der Waals surface area contributed by atoms with Crippen LogP contribution in [-0.4, -0.2) is 16.7 Å². The lowest BCUT2D eigenvalue weighted by atomic mass is 9.88. The highest BCUT2D eigenvalue weighted by Crippen LogP contribution is 2.22. The van der Waals surface area contributed by atoms with E-state index in [0.717, 1.165) is 0 Å². The molecule has 112 valence electrons. The van der Waals surface area contributed by atoms with E-state index < -0.39 is 11.8 Å². The fourth-order valence-corrected chi connectivity index (χ4v) is 2.11. The maximum Gasteiger partial charge on any atom is 0.239 e. The summed E-state index contributed by atoms with van der Waals surface area (Å²) in [6, 6.07) is 12.5. The normalized spacial score (nSPS) is 13.0. The quantitative estimate of drug-likeness (QED) is 0.657. The first-order valence-corrected chi connectivity index (χ1v) is 7.05. The van der Waals surface area contributed by atoms with Crippen molar-refractivity contribution in [3.63, 3.8) is 0 Å². The summed E-state index contributed by atoms with van der Waals surface area (Å²) < 4.78 is 0. The van der Waals surface area contributed by atoms with Crippen LogP contribution in [0.3, 0.4) is 0 Å². The Morgan fingerprint density at radius 1 is 1.18 bits per heavy atom. The molecule has 0 aliphatic rings. The van der Waals surface area contributed by atoms with Gasteiger partial charge in [0.1, 0.15) is 5.92 Å². The van der Waals surface area contributed by atoms with E-state index in [1.54, 1.807) is 49.7 Å². The van der Waals surface area contributed by atoms with Gasteiger partial charge in [0.2, 0.25) is 5.91 Å². The summed E-state index contributed by atoms with van der Waals surface area (Å²) in [4.78, 5) is 29.1. The van der Waals surface area contributed by atoms with Gasteiger partial charge in [0, 0.05) is 24.0 Å². The van der Waals surface area contributed by atoms with E-state index in [4.69, 9.17) is 0 Å². The number of carbonyl (C=O) groups excluding carboxylic acids is 2. The lowest BCUT2D eigenvalue weighted by molar-refractivity contribution is -0.129. The fraction of sp³-hybridized carbons (Fsp3) is 0.167. The number of nitrogens with one attached hydrogen (secondary N) is 1. The van der Waals surface area contributed by atoms with Crippen LogP contribution in [0.15, 0.2) is 67.5 Å². The average Bonchev–Trinajstić information content (AvgIpc) is 2.56. The highest BCUT2D eigenvalue weighted by atomic mass is 16.2. The Kier molecular flexibility index (Phi) is 5.20. The van der Waals surface area contributed by atoms with Crippen molar-refractivity contribution in [3.05, 3.63) is 73.1 Å². The number of benzene rings is 1. The molecule has 0 fully saturated rings. The van der Waals surface area contributed by atoms with Gasteiger partial charge in [0.25, 0.3) is 0 Å². The lowest BCUT2D eigenvalue weighted by Gasteiger charge is -2.18. The molecule has 0 bridgehead atoms. The van der Waals surface area contributed by atoms with Crippen molar-refractivity contribution in [2.45, 2.75) is 12.8 Å². The van der Waals surface area contributed by atoms with Crippen molar-refractivity contribution in [2.24, 2.45) is 5.92 Å². The zero-order valence-corrected chi connectivity index (χ0v) is 12.4. The van der Waals surface area contributed by atoms with E-state index >= 15 is 0 Å². The molecule has 0 spiro atoms. The Morgan fingerprint density at radius 2 is 1.91 bits per heavy atom. The topological polar surface area (TPSA) is 59.1 Å². The summed E-state index contributed by atoms with van der Waals surface area (Å²) in [6.45, 7) is 5.36. The van der Waals surface area contributed by atoms with Crippen LogP contribution >= 0.6 is 0 Å². The molecule has 1 aromatic heterocycles. The fourth-order valence-electron chi connectivity index (χ4n) is 2.11. The maximum atomic E-state index is 12.6. The predicted molar refractivity (Wildman–Crippen MR) is 86.4 cm³/mol. The molecule has 0 saturated carbocycles. The van der Waals surface area contributed by atoms with E-state index in [1.165, 1.54) is 0 Å². The number of amides is 1. The largest absolute Gasteiger partial charge is 0.325 e. The van der Waals surface area contributed by atoms with Crippen LogP contribution in [0.4, 0.5) is 5.69 Å². The molecule has 1 N–H and O–H groups in total. The van der Waals surface area contributed by atoms with Crippen molar-refractivity contribution in [3.8, 4) is 0 Å². The predicted octanol–water partition coefficient (Wildman–Crippen LogP) is 3.20. The van der Waals surface area contributed by atoms with Gasteiger partial charge in [-0.2, -0.15) is 0 Å². The van der Waals surface area contributed by atoms with Gasteiger partial charge in [-0.25, -0.2) is 0 Å². The van der Waals surface area contributed by atoms with Gasteiger partial charge in [-0.15, -0.1) is 6.58 Å². The molecular formula is C18H18N2O2. The van der Waals surface area contributed by atoms with Crippen molar-refractivity contribution >= 4 is 17.4 Å². The molecule has 2 aromatic rings. The van der Waals surface area contributed by atoms with Crippen LogP contribution in [0.5, 0.6) is 0 Å². The standard InChI is InChI=1S/C18H18N2O2/c1-3-13(2)17(21)16(14-8-7-11-19-12-14)18(22)20-15-9-5-4-6-10-15/h3-13,16H,1H2,2H3,(H,20,22). The number of nitrogens with zero attached hydrogens (tertiary/aromatic N) is 1. The smallest absolute Gasteiger partial charge is 0.239 e. The molecule has 2 atom stereocenters. The lowest BCUT2D eigenvalue weighted by Crippen LogP contribution is -2.30. The first-order valence-electron chi connectivity index (χ1n) is 7.05. The number of pyridine rings is 1. The second-order valence-corrected chi connectivity index (χ2v) is 5.00. The van der Waals surface area contributed by atoms with Crippen LogP contribution < -0.4 is 5.32 Å². The second kappa shape index (κ2) is 7.31. The van der Waals surface area contributed by atoms with Gasteiger partial charge in [0.15, 0.2) is 5.78 Å². The summed E-state index contributed by atoms with van der Waals surface area (Å²) in [5.74, 6) is -1.87. The molecule has 1 aromatic carbocycles. The zero-order valence-electron chi connectivity index (χ0n) is 12.4. The van der Waals surface area contributed by atoms with Crippen LogP contribution in [0.1, 0.15) is 18.4 Å². The molecule has 0 aliphatic heterocycles. The van der Waals surface area contributed by atoms with Gasteiger partial charge in [-0.3, -0.25) is 14.6 Å². The molecule has 1 amide bonds. The van der Waals surface area contributed by atoms with Crippen molar-refractivity contribution in [2.75, 3.05) is 5.32 Å². The Bertz CT molecular complexity index is 653. The number of hydrogen-bond donors (Lipinski definition) is 1. The van der Waals surface area contributed by atoms with Gasteiger partial charge >= 0.3 is 0 Å². The van der Waals surface area contributed by atoms with Crippen LogP contribution in [-0.2, 0) is 9.59 Å². The number of rotatable bonds is 6. The third-order valence-corrected chi connectivity index (χ3v) is 3.41. The minimum atomic E-state index is -0.901. The molecule has 4 heteroatoms. The molecule has 0 aliphatic carbocycles. The summed E-state index contributed by atoms with van der Waals surface area (Å²) in [7, 11) is 0. The second-order valence-electron chi connectivity index (χ2n) is 5.00. The molecule has 2 rings (SSSR count). The van der Waals surface area contributed by atoms with E-state index in [2.05, 4.69) is 16.9 Å². The summed E-state index contributed by atoms with van der Waals surface area (Å²) in [6.07, 6.45) is 4.70. The van der Waals surface area contributed by atoms with Crippen LogP contribution in [0.25, 0.3) is 0 Å². The number of aromatic nitrogens is 1. The molecule has 4 nitrogen and oxygen atoms in total. The third-order valence-electron chi connectivity index (χ3n) is 3.41. The highest BCUT2D eigenvalue weighted by molar-refractivity contribution is 6.12. The number of allylic oxidation sites excluding steroid dienone is 1.